The van der Waals surface area contributed by atoms with Crippen LogP contribution in [0.2, 0.25) is 0 Å². The van der Waals surface area contributed by atoms with Gasteiger partial charge in [0.2, 0.25) is 11.8 Å². The van der Waals surface area contributed by atoms with E-state index in [1.165, 1.54) is 19.1 Å². The van der Waals surface area contributed by atoms with Crippen molar-refractivity contribution in [3.05, 3.63) is 84.4 Å². The molecular weight excluding hydrogens is 426 g/mol. The molecule has 0 spiro atoms. The molecule has 8 heteroatoms. The highest BCUT2D eigenvalue weighted by Crippen LogP contribution is 2.27. The van der Waals surface area contributed by atoms with Crippen LogP contribution >= 0.6 is 0 Å². The maximum Gasteiger partial charge on any atom is 0.264 e. The molecule has 3 aromatic rings. The Hall–Kier alpha value is -3.65. The van der Waals surface area contributed by atoms with E-state index in [1.54, 1.807) is 54.6 Å². The van der Waals surface area contributed by atoms with E-state index in [4.69, 9.17) is 0 Å². The molecule has 0 saturated heterocycles. The van der Waals surface area contributed by atoms with E-state index >= 15 is 0 Å². The number of carbonyl (C=O) groups excluding carboxylic acids is 2. The summed E-state index contributed by atoms with van der Waals surface area (Å²) in [4.78, 5) is 24.3. The zero-order chi connectivity index (χ0) is 23.1. The van der Waals surface area contributed by atoms with Crippen molar-refractivity contribution in [1.82, 2.24) is 0 Å². The minimum atomic E-state index is -3.98. The molecule has 0 aliphatic carbocycles. The van der Waals surface area contributed by atoms with Gasteiger partial charge >= 0.3 is 0 Å². The molecule has 0 heterocycles. The minimum Gasteiger partial charge on any atom is -0.326 e. The molecule has 7 nitrogen and oxygen atoms in total. The Balaban J connectivity index is 1.93. The average Bonchev–Trinajstić information content (AvgIpc) is 2.78. The summed E-state index contributed by atoms with van der Waals surface area (Å²) < 4.78 is 28.1. The van der Waals surface area contributed by atoms with E-state index in [9.17, 15) is 18.0 Å². The van der Waals surface area contributed by atoms with Crippen LogP contribution in [-0.2, 0) is 26.0 Å². The Morgan fingerprint density at radius 2 is 1.47 bits per heavy atom. The Labute approximate surface area is 188 Å². The largest absolute Gasteiger partial charge is 0.326 e. The lowest BCUT2D eigenvalue weighted by molar-refractivity contribution is -0.115. The lowest BCUT2D eigenvalue weighted by Crippen LogP contribution is -2.38. The molecule has 3 aromatic carbocycles. The summed E-state index contributed by atoms with van der Waals surface area (Å²) in [6.07, 6.45) is 0.608. The quantitative estimate of drug-likeness (QED) is 0.540. The molecule has 2 amide bonds. The van der Waals surface area contributed by atoms with Crippen LogP contribution in [0.1, 0.15) is 19.4 Å². The first kappa shape index (κ1) is 23.0. The Bertz CT molecular complexity index is 1210. The van der Waals surface area contributed by atoms with Crippen LogP contribution in [0.4, 0.5) is 17.1 Å². The van der Waals surface area contributed by atoms with E-state index in [1.807, 2.05) is 19.1 Å². The van der Waals surface area contributed by atoms with Crippen LogP contribution in [0.3, 0.4) is 0 Å². The molecule has 2 N–H and O–H groups in total. The average molecular weight is 452 g/mol. The number of sulfonamides is 1. The van der Waals surface area contributed by atoms with Crippen molar-refractivity contribution in [2.45, 2.75) is 25.2 Å². The number of nitrogens with one attached hydrogen (secondary N) is 2. The summed E-state index contributed by atoms with van der Waals surface area (Å²) in [6, 6.07) is 21.8. The highest BCUT2D eigenvalue weighted by Gasteiger charge is 2.28. The standard InChI is InChI=1S/C24H25N3O4S/c1-3-19-10-7-8-15-23(19)27(32(30,31)22-13-5-4-6-14-22)17-24(29)26-21-12-9-11-20(16-21)25-18(2)28/h4-16H,3,17H2,1-2H3,(H,25,28)(H,26,29). The maximum atomic E-state index is 13.5. The first-order valence-electron chi connectivity index (χ1n) is 10.1. The highest BCUT2D eigenvalue weighted by molar-refractivity contribution is 7.92. The number of para-hydroxylation sites is 1. The topological polar surface area (TPSA) is 95.6 Å². The predicted octanol–water partition coefficient (Wildman–Crippen LogP) is 4.04. The molecule has 0 unspecified atom stereocenters. The van der Waals surface area contributed by atoms with Crippen LogP contribution in [0.15, 0.2) is 83.8 Å². The molecule has 0 aliphatic heterocycles. The molecule has 0 aliphatic rings. The molecule has 0 bridgehead atoms. The van der Waals surface area contributed by atoms with Crippen LogP contribution < -0.4 is 14.9 Å². The molecule has 0 aromatic heterocycles. The van der Waals surface area contributed by atoms with Crippen molar-refractivity contribution in [2.24, 2.45) is 0 Å². The second-order valence-corrected chi connectivity index (χ2v) is 8.98. The number of hydrogen-bond acceptors (Lipinski definition) is 4. The molecule has 3 rings (SSSR count). The van der Waals surface area contributed by atoms with Crippen LogP contribution in [0, 0.1) is 0 Å². The highest BCUT2D eigenvalue weighted by atomic mass is 32.2. The molecule has 32 heavy (non-hydrogen) atoms. The van der Waals surface area contributed by atoms with Crippen molar-refractivity contribution in [3.8, 4) is 0 Å². The summed E-state index contributed by atoms with van der Waals surface area (Å²) in [5.74, 6) is -0.736. The number of hydrogen-bond donors (Lipinski definition) is 2. The summed E-state index contributed by atoms with van der Waals surface area (Å²) in [7, 11) is -3.98. The number of benzene rings is 3. The molecular formula is C24H25N3O4S. The van der Waals surface area contributed by atoms with E-state index in [2.05, 4.69) is 10.6 Å². The van der Waals surface area contributed by atoms with E-state index in [0.717, 1.165) is 9.87 Å². The van der Waals surface area contributed by atoms with Gasteiger partial charge in [0.25, 0.3) is 10.0 Å². The third-order valence-electron chi connectivity index (χ3n) is 4.73. The zero-order valence-electron chi connectivity index (χ0n) is 17.9. The first-order chi connectivity index (χ1) is 15.3. The third-order valence-corrected chi connectivity index (χ3v) is 6.50. The number of carbonyl (C=O) groups is 2. The number of aryl methyl sites for hydroxylation is 1. The van der Waals surface area contributed by atoms with Gasteiger partial charge in [0.1, 0.15) is 6.54 Å². The normalized spacial score (nSPS) is 10.9. The molecule has 0 radical (unpaired) electrons. The summed E-state index contributed by atoms with van der Waals surface area (Å²) in [5.41, 5.74) is 2.25. The zero-order valence-corrected chi connectivity index (χ0v) is 18.7. The van der Waals surface area contributed by atoms with Crippen molar-refractivity contribution >= 4 is 38.9 Å². The van der Waals surface area contributed by atoms with E-state index in [-0.39, 0.29) is 10.8 Å². The van der Waals surface area contributed by atoms with Gasteiger partial charge in [0.05, 0.1) is 10.6 Å². The predicted molar refractivity (Wildman–Crippen MR) is 126 cm³/mol. The maximum absolute atomic E-state index is 13.5. The van der Waals surface area contributed by atoms with Crippen molar-refractivity contribution in [2.75, 3.05) is 21.5 Å². The van der Waals surface area contributed by atoms with Gasteiger partial charge < -0.3 is 10.6 Å². The molecule has 0 fully saturated rings. The van der Waals surface area contributed by atoms with Gasteiger partial charge in [0.15, 0.2) is 0 Å². The van der Waals surface area contributed by atoms with Crippen LogP contribution in [0.5, 0.6) is 0 Å². The minimum absolute atomic E-state index is 0.103. The van der Waals surface area contributed by atoms with Gasteiger partial charge in [-0.05, 0) is 48.4 Å². The van der Waals surface area contributed by atoms with E-state index in [0.29, 0.717) is 23.5 Å². The number of rotatable bonds is 8. The number of nitrogens with zero attached hydrogens (tertiary/aromatic N) is 1. The number of amides is 2. The van der Waals surface area contributed by atoms with E-state index < -0.39 is 22.5 Å². The Kier molecular flexibility index (Phi) is 7.27. The van der Waals surface area contributed by atoms with Gasteiger partial charge in [-0.15, -0.1) is 0 Å². The van der Waals surface area contributed by atoms with Gasteiger partial charge in [-0.1, -0.05) is 49.4 Å². The van der Waals surface area contributed by atoms with Crippen molar-refractivity contribution in [1.29, 1.82) is 0 Å². The van der Waals surface area contributed by atoms with Gasteiger partial charge in [-0.2, -0.15) is 0 Å². The van der Waals surface area contributed by atoms with Crippen molar-refractivity contribution < 1.29 is 18.0 Å². The molecule has 0 atom stereocenters. The first-order valence-corrected chi connectivity index (χ1v) is 11.6. The fourth-order valence-corrected chi connectivity index (χ4v) is 4.76. The summed E-state index contributed by atoms with van der Waals surface area (Å²) in [5, 5.41) is 5.37. The van der Waals surface area contributed by atoms with Crippen LogP contribution in [0.25, 0.3) is 0 Å². The second-order valence-electron chi connectivity index (χ2n) is 7.12. The Morgan fingerprint density at radius 1 is 0.844 bits per heavy atom. The van der Waals surface area contributed by atoms with Gasteiger partial charge in [-0.3, -0.25) is 13.9 Å². The lowest BCUT2D eigenvalue weighted by atomic mass is 10.1. The summed E-state index contributed by atoms with van der Waals surface area (Å²) >= 11 is 0. The second kappa shape index (κ2) is 10.1. The van der Waals surface area contributed by atoms with Gasteiger partial charge in [0, 0.05) is 18.3 Å². The fraction of sp³-hybridized carbons (Fsp3) is 0.167. The fourth-order valence-electron chi connectivity index (χ4n) is 3.28. The SMILES string of the molecule is CCc1ccccc1N(CC(=O)Nc1cccc(NC(C)=O)c1)S(=O)(=O)c1ccccc1. The smallest absolute Gasteiger partial charge is 0.264 e. The van der Waals surface area contributed by atoms with Crippen molar-refractivity contribution in [3.63, 3.8) is 0 Å². The van der Waals surface area contributed by atoms with Crippen LogP contribution in [-0.4, -0.2) is 26.8 Å². The third kappa shape index (κ3) is 5.53. The Morgan fingerprint density at radius 3 is 2.12 bits per heavy atom. The molecule has 0 saturated carbocycles. The number of anilines is 3. The summed E-state index contributed by atoms with van der Waals surface area (Å²) in [6.45, 7) is 2.92. The lowest BCUT2D eigenvalue weighted by Gasteiger charge is -2.26. The molecule has 166 valence electrons. The van der Waals surface area contributed by atoms with Gasteiger partial charge in [-0.25, -0.2) is 8.42 Å². The monoisotopic (exact) mass is 451 g/mol.